The van der Waals surface area contributed by atoms with E-state index in [9.17, 15) is 14.4 Å². The highest BCUT2D eigenvalue weighted by molar-refractivity contribution is 5.90. The molecule has 39 heavy (non-hydrogen) atoms. The van der Waals surface area contributed by atoms with Gasteiger partial charge in [-0.05, 0) is 60.5 Å². The molecule has 1 heterocycles. The number of methoxy groups -OCH3 is 1. The van der Waals surface area contributed by atoms with Crippen LogP contribution in [-0.4, -0.2) is 49.9 Å². The second kappa shape index (κ2) is 11.4. The maximum atomic E-state index is 13.2. The molecule has 4 atom stereocenters. The van der Waals surface area contributed by atoms with Gasteiger partial charge in [-0.2, -0.15) is 0 Å². The van der Waals surface area contributed by atoms with E-state index in [-0.39, 0.29) is 12.5 Å². The van der Waals surface area contributed by atoms with Gasteiger partial charge in [0.1, 0.15) is 30.3 Å². The lowest BCUT2D eigenvalue weighted by molar-refractivity contribution is -0.155. The first-order chi connectivity index (χ1) is 18.9. The molecule has 3 aromatic carbocycles. The zero-order chi connectivity index (χ0) is 27.4. The van der Waals surface area contributed by atoms with Crippen LogP contribution >= 0.6 is 0 Å². The van der Waals surface area contributed by atoms with Crippen molar-refractivity contribution >= 4 is 17.9 Å². The van der Waals surface area contributed by atoms with Gasteiger partial charge in [0, 0.05) is 18.4 Å². The van der Waals surface area contributed by atoms with Gasteiger partial charge in [-0.1, -0.05) is 36.4 Å². The van der Waals surface area contributed by atoms with E-state index in [0.717, 1.165) is 5.56 Å². The van der Waals surface area contributed by atoms with Crippen LogP contribution in [0.25, 0.3) is 0 Å². The molecule has 2 aliphatic rings. The van der Waals surface area contributed by atoms with E-state index < -0.39 is 36.2 Å². The number of rotatable bonds is 7. The van der Waals surface area contributed by atoms with Gasteiger partial charge in [0.2, 0.25) is 0 Å². The third-order valence-corrected chi connectivity index (χ3v) is 6.80. The fourth-order valence-corrected chi connectivity index (χ4v) is 4.94. The molecule has 5 rings (SSSR count). The molecule has 0 N–H and O–H groups in total. The van der Waals surface area contributed by atoms with Gasteiger partial charge < -0.3 is 23.7 Å². The van der Waals surface area contributed by atoms with Crippen molar-refractivity contribution in [2.75, 3.05) is 13.7 Å². The Balaban J connectivity index is 1.49. The summed E-state index contributed by atoms with van der Waals surface area (Å²) in [5.41, 5.74) is 2.10. The highest BCUT2D eigenvalue weighted by atomic mass is 16.6. The number of benzene rings is 3. The summed E-state index contributed by atoms with van der Waals surface area (Å²) >= 11 is 0. The minimum atomic E-state index is -0.976. The first kappa shape index (κ1) is 26.0. The molecule has 1 aliphatic heterocycles. The van der Waals surface area contributed by atoms with Crippen molar-refractivity contribution < 1.29 is 38.1 Å². The van der Waals surface area contributed by atoms with Gasteiger partial charge >= 0.3 is 17.9 Å². The molecule has 0 saturated carbocycles. The topological polar surface area (TPSA) is 97.4 Å². The Morgan fingerprint density at radius 3 is 2.18 bits per heavy atom. The molecule has 8 heteroatoms. The third kappa shape index (κ3) is 5.80. The molecule has 0 bridgehead atoms. The molecule has 0 amide bonds. The number of carbonyl (C=O) groups is 3. The van der Waals surface area contributed by atoms with Crippen LogP contribution in [0.5, 0.6) is 11.5 Å². The van der Waals surface area contributed by atoms with E-state index in [1.54, 1.807) is 73.8 Å². The van der Waals surface area contributed by atoms with Gasteiger partial charge in [-0.15, -0.1) is 0 Å². The van der Waals surface area contributed by atoms with Crippen LogP contribution in [0.2, 0.25) is 0 Å². The van der Waals surface area contributed by atoms with E-state index in [0.29, 0.717) is 34.6 Å². The Kier molecular flexibility index (Phi) is 7.63. The molecule has 0 radical (unpaired) electrons. The standard InChI is InChI=1S/C31H28O8/c1-19(32)37-28-23(18-36-30(33)20-9-5-3-6-10-20)17-27-25(16-22-15-24(35-2)13-14-26(22)38-27)29(28)39-31(34)21-11-7-4-8-12-21/h3-15,17,25,27-29H,16,18H2,1-2H3/t25-,27-,28-,29-/m0/s1. The Morgan fingerprint density at radius 2 is 1.54 bits per heavy atom. The van der Waals surface area contributed by atoms with E-state index in [2.05, 4.69) is 0 Å². The van der Waals surface area contributed by atoms with Crippen molar-refractivity contribution in [2.45, 2.75) is 31.7 Å². The Hall–Kier alpha value is -4.59. The second-order valence-electron chi connectivity index (χ2n) is 9.37. The molecule has 0 saturated heterocycles. The molecular formula is C31H28O8. The van der Waals surface area contributed by atoms with Crippen molar-refractivity contribution in [3.63, 3.8) is 0 Å². The van der Waals surface area contributed by atoms with E-state index in [1.807, 2.05) is 18.2 Å². The summed E-state index contributed by atoms with van der Waals surface area (Å²) < 4.78 is 29.0. The summed E-state index contributed by atoms with van der Waals surface area (Å²) in [6.07, 6.45) is -0.111. The van der Waals surface area contributed by atoms with Crippen molar-refractivity contribution in [2.24, 2.45) is 5.92 Å². The number of hydrogen-bond acceptors (Lipinski definition) is 8. The zero-order valence-electron chi connectivity index (χ0n) is 21.6. The fraction of sp³-hybridized carbons (Fsp3) is 0.258. The Morgan fingerprint density at radius 1 is 0.872 bits per heavy atom. The van der Waals surface area contributed by atoms with Gasteiger partial charge in [0.25, 0.3) is 0 Å². The Bertz CT molecular complexity index is 1380. The van der Waals surface area contributed by atoms with Crippen LogP contribution < -0.4 is 9.47 Å². The van der Waals surface area contributed by atoms with Crippen LogP contribution in [0.15, 0.2) is 90.5 Å². The van der Waals surface area contributed by atoms with Crippen LogP contribution in [0, 0.1) is 5.92 Å². The fourth-order valence-electron chi connectivity index (χ4n) is 4.94. The highest BCUT2D eigenvalue weighted by Crippen LogP contribution is 2.41. The summed E-state index contributed by atoms with van der Waals surface area (Å²) in [6, 6.07) is 22.7. The predicted octanol–water partition coefficient (Wildman–Crippen LogP) is 4.57. The molecule has 0 unspecified atom stereocenters. The van der Waals surface area contributed by atoms with Gasteiger partial charge in [-0.25, -0.2) is 9.59 Å². The first-order valence-electron chi connectivity index (χ1n) is 12.6. The largest absolute Gasteiger partial charge is 0.497 e. The number of carbonyl (C=O) groups excluding carboxylic acids is 3. The van der Waals surface area contributed by atoms with Gasteiger partial charge in [0.05, 0.1) is 18.2 Å². The number of ether oxygens (including phenoxy) is 5. The van der Waals surface area contributed by atoms with Crippen molar-refractivity contribution in [3.05, 3.63) is 107 Å². The van der Waals surface area contributed by atoms with Crippen molar-refractivity contribution in [1.82, 2.24) is 0 Å². The maximum absolute atomic E-state index is 13.2. The summed E-state index contributed by atoms with van der Waals surface area (Å²) in [5.74, 6) is -0.679. The SMILES string of the molecule is COc1ccc2c(c1)C[C@@H]1[C@H](OC(=O)c3ccccc3)[C@@H](OC(C)=O)C(COC(=O)c3ccccc3)=C[C@@H]1O2. The van der Waals surface area contributed by atoms with E-state index in [1.165, 1.54) is 6.92 Å². The average Bonchev–Trinajstić information content (AvgIpc) is 2.96. The maximum Gasteiger partial charge on any atom is 0.338 e. The minimum absolute atomic E-state index is 0.174. The summed E-state index contributed by atoms with van der Waals surface area (Å²) in [5, 5.41) is 0. The quantitative estimate of drug-likeness (QED) is 0.250. The lowest BCUT2D eigenvalue weighted by Gasteiger charge is -2.43. The van der Waals surface area contributed by atoms with E-state index in [4.69, 9.17) is 23.7 Å². The highest BCUT2D eigenvalue weighted by Gasteiger charge is 2.48. The molecule has 0 fully saturated rings. The van der Waals surface area contributed by atoms with Crippen molar-refractivity contribution in [3.8, 4) is 11.5 Å². The second-order valence-corrected chi connectivity index (χ2v) is 9.37. The van der Waals surface area contributed by atoms with Crippen LogP contribution in [0.3, 0.4) is 0 Å². The minimum Gasteiger partial charge on any atom is -0.497 e. The Labute approximate surface area is 226 Å². The molecule has 8 nitrogen and oxygen atoms in total. The number of esters is 3. The molecule has 1 aliphatic carbocycles. The lowest BCUT2D eigenvalue weighted by Crippen LogP contribution is -2.53. The van der Waals surface area contributed by atoms with Gasteiger partial charge in [-0.3, -0.25) is 4.79 Å². The summed E-state index contributed by atoms with van der Waals surface area (Å²) in [4.78, 5) is 38.1. The first-order valence-corrected chi connectivity index (χ1v) is 12.6. The van der Waals surface area contributed by atoms with Crippen molar-refractivity contribution in [1.29, 1.82) is 0 Å². The number of hydrogen-bond donors (Lipinski definition) is 0. The summed E-state index contributed by atoms with van der Waals surface area (Å²) in [6.45, 7) is 1.11. The molecule has 200 valence electrons. The van der Waals surface area contributed by atoms with Crippen LogP contribution in [0.1, 0.15) is 33.2 Å². The molecule has 3 aromatic rings. The van der Waals surface area contributed by atoms with Gasteiger partial charge in [0.15, 0.2) is 6.10 Å². The smallest absolute Gasteiger partial charge is 0.338 e. The summed E-state index contributed by atoms with van der Waals surface area (Å²) in [7, 11) is 1.59. The average molecular weight is 529 g/mol. The number of fused-ring (bicyclic) bond motifs is 2. The monoisotopic (exact) mass is 528 g/mol. The van der Waals surface area contributed by atoms with Crippen LogP contribution in [-0.2, 0) is 25.4 Å². The lowest BCUT2D eigenvalue weighted by atomic mass is 9.77. The zero-order valence-corrected chi connectivity index (χ0v) is 21.6. The third-order valence-electron chi connectivity index (χ3n) is 6.80. The molecule has 0 aromatic heterocycles. The molecule has 0 spiro atoms. The van der Waals surface area contributed by atoms with E-state index >= 15 is 0 Å². The normalized spacial score (nSPS) is 21.2. The molecular weight excluding hydrogens is 500 g/mol. The van der Waals surface area contributed by atoms with Crippen LogP contribution in [0.4, 0.5) is 0 Å². The predicted molar refractivity (Wildman–Crippen MR) is 141 cm³/mol.